The average molecular weight is 263 g/mol. The van der Waals surface area contributed by atoms with Gasteiger partial charge >= 0.3 is 5.97 Å². The van der Waals surface area contributed by atoms with E-state index in [9.17, 15) is 9.18 Å². The summed E-state index contributed by atoms with van der Waals surface area (Å²) in [6.45, 7) is 1.94. The number of nitrogens with zero attached hydrogens (tertiary/aromatic N) is 1. The third-order valence-electron chi connectivity index (χ3n) is 2.28. The zero-order chi connectivity index (χ0) is 13.1. The van der Waals surface area contributed by atoms with Crippen LogP contribution in [0, 0.1) is 12.7 Å². The smallest absolute Gasteiger partial charge is 0.338 e. The molecule has 0 fully saturated rings. The normalized spacial score (nSPS) is 10.3. The van der Waals surface area contributed by atoms with Crippen LogP contribution in [-0.2, 0) is 0 Å². The van der Waals surface area contributed by atoms with Crippen molar-refractivity contribution in [3.63, 3.8) is 0 Å². The predicted octanol–water partition coefficient (Wildman–Crippen LogP) is 3.38. The van der Waals surface area contributed by atoms with Gasteiger partial charge in [0.1, 0.15) is 10.8 Å². The zero-order valence-corrected chi connectivity index (χ0v) is 10.4. The van der Waals surface area contributed by atoms with Gasteiger partial charge in [0.2, 0.25) is 0 Å². The fourth-order valence-electron chi connectivity index (χ4n) is 1.42. The molecule has 3 nitrogen and oxygen atoms in total. The van der Waals surface area contributed by atoms with Crippen LogP contribution in [0.3, 0.4) is 0 Å². The topological polar surface area (TPSA) is 50.2 Å². The van der Waals surface area contributed by atoms with Gasteiger partial charge in [0, 0.05) is 11.1 Å². The Balaban J connectivity index is 2.30. The van der Waals surface area contributed by atoms with Crippen LogP contribution in [0.4, 0.5) is 4.39 Å². The molecule has 0 aliphatic heterocycles. The lowest BCUT2D eigenvalue weighted by Gasteiger charge is -2.04. The predicted molar refractivity (Wildman–Crippen MR) is 66.5 cm³/mol. The van der Waals surface area contributed by atoms with Crippen LogP contribution >= 0.6 is 11.8 Å². The van der Waals surface area contributed by atoms with Gasteiger partial charge in [-0.15, -0.1) is 0 Å². The minimum atomic E-state index is -1.27. The number of rotatable bonds is 3. The van der Waals surface area contributed by atoms with Crippen LogP contribution in [0.15, 0.2) is 46.5 Å². The molecular formula is C13H10FNO2S. The monoisotopic (exact) mass is 263 g/mol. The van der Waals surface area contributed by atoms with Gasteiger partial charge in [0.15, 0.2) is 0 Å². The molecule has 0 unspecified atom stereocenters. The Kier molecular flexibility index (Phi) is 3.62. The quantitative estimate of drug-likeness (QED) is 0.922. The van der Waals surface area contributed by atoms with Gasteiger partial charge in [-0.05, 0) is 42.8 Å². The van der Waals surface area contributed by atoms with Gasteiger partial charge in [-0.3, -0.25) is 0 Å². The Morgan fingerprint density at radius 3 is 2.78 bits per heavy atom. The molecule has 0 aliphatic carbocycles. The molecule has 0 amide bonds. The number of hydrogen-bond acceptors (Lipinski definition) is 3. The van der Waals surface area contributed by atoms with Crippen LogP contribution in [0.1, 0.15) is 15.9 Å². The van der Waals surface area contributed by atoms with Crippen LogP contribution in [0.5, 0.6) is 0 Å². The first-order valence-corrected chi connectivity index (χ1v) is 6.01. The van der Waals surface area contributed by atoms with Crippen molar-refractivity contribution < 1.29 is 14.3 Å². The Hall–Kier alpha value is -1.88. The van der Waals surface area contributed by atoms with E-state index in [0.29, 0.717) is 4.90 Å². The molecule has 5 heteroatoms. The van der Waals surface area contributed by atoms with Gasteiger partial charge in [-0.1, -0.05) is 11.8 Å². The highest BCUT2D eigenvalue weighted by Crippen LogP contribution is 2.27. The van der Waals surface area contributed by atoms with E-state index in [4.69, 9.17) is 5.11 Å². The number of carboxylic acid groups (broad SMARTS) is 1. The van der Waals surface area contributed by atoms with E-state index >= 15 is 0 Å². The van der Waals surface area contributed by atoms with Crippen LogP contribution in [-0.4, -0.2) is 16.1 Å². The van der Waals surface area contributed by atoms with E-state index in [1.165, 1.54) is 23.9 Å². The first-order valence-electron chi connectivity index (χ1n) is 5.19. The van der Waals surface area contributed by atoms with E-state index in [0.717, 1.165) is 16.7 Å². The molecule has 0 saturated heterocycles. The fourth-order valence-corrected chi connectivity index (χ4v) is 2.33. The lowest BCUT2D eigenvalue weighted by atomic mass is 10.2. The number of aryl methyl sites for hydroxylation is 1. The SMILES string of the molecule is Cc1ccnc(Sc2ccc(F)c(C(=O)O)c2)c1. The Labute approximate surface area is 108 Å². The molecular weight excluding hydrogens is 253 g/mol. The highest BCUT2D eigenvalue weighted by molar-refractivity contribution is 7.99. The number of hydrogen-bond donors (Lipinski definition) is 1. The highest BCUT2D eigenvalue weighted by atomic mass is 32.2. The number of carboxylic acids is 1. The molecule has 0 saturated carbocycles. The number of aromatic carboxylic acids is 1. The largest absolute Gasteiger partial charge is 0.478 e. The van der Waals surface area contributed by atoms with Crippen molar-refractivity contribution in [2.24, 2.45) is 0 Å². The number of pyridine rings is 1. The van der Waals surface area contributed by atoms with Crippen molar-refractivity contribution in [2.45, 2.75) is 16.8 Å². The summed E-state index contributed by atoms with van der Waals surface area (Å²) < 4.78 is 13.2. The number of aromatic nitrogens is 1. The lowest BCUT2D eigenvalue weighted by Crippen LogP contribution is -2.00. The Morgan fingerprint density at radius 2 is 2.11 bits per heavy atom. The van der Waals surface area contributed by atoms with Crippen molar-refractivity contribution in [3.05, 3.63) is 53.5 Å². The van der Waals surface area contributed by atoms with Gasteiger partial charge in [-0.2, -0.15) is 0 Å². The molecule has 2 aromatic rings. The summed E-state index contributed by atoms with van der Waals surface area (Å²) in [6, 6.07) is 7.76. The van der Waals surface area contributed by atoms with E-state index in [2.05, 4.69) is 4.98 Å². The van der Waals surface area contributed by atoms with Gasteiger partial charge in [-0.25, -0.2) is 14.2 Å². The summed E-state index contributed by atoms with van der Waals surface area (Å²) in [6.07, 6.45) is 1.68. The second-order valence-corrected chi connectivity index (χ2v) is 4.81. The number of halogens is 1. The van der Waals surface area contributed by atoms with Crippen molar-refractivity contribution in [1.82, 2.24) is 4.98 Å². The highest BCUT2D eigenvalue weighted by Gasteiger charge is 2.11. The summed E-state index contributed by atoms with van der Waals surface area (Å²) >= 11 is 1.30. The van der Waals surface area contributed by atoms with Crippen LogP contribution in [0.25, 0.3) is 0 Å². The molecule has 0 bridgehead atoms. The second kappa shape index (κ2) is 5.18. The number of carbonyl (C=O) groups is 1. The van der Waals surface area contributed by atoms with Crippen LogP contribution in [0.2, 0.25) is 0 Å². The van der Waals surface area contributed by atoms with E-state index < -0.39 is 11.8 Å². The van der Waals surface area contributed by atoms with Gasteiger partial charge < -0.3 is 5.11 Å². The van der Waals surface area contributed by atoms with Crippen molar-refractivity contribution >= 4 is 17.7 Å². The average Bonchev–Trinajstić information content (AvgIpc) is 2.31. The molecule has 1 heterocycles. The maximum Gasteiger partial charge on any atom is 0.338 e. The summed E-state index contributed by atoms with van der Waals surface area (Å²) in [7, 11) is 0. The first kappa shape index (κ1) is 12.6. The minimum absolute atomic E-state index is 0.326. The van der Waals surface area contributed by atoms with Crippen molar-refractivity contribution in [1.29, 1.82) is 0 Å². The molecule has 0 radical (unpaired) electrons. The third-order valence-corrected chi connectivity index (χ3v) is 3.20. The minimum Gasteiger partial charge on any atom is -0.478 e. The van der Waals surface area contributed by atoms with E-state index in [-0.39, 0.29) is 5.56 Å². The van der Waals surface area contributed by atoms with Gasteiger partial charge in [0.25, 0.3) is 0 Å². The van der Waals surface area contributed by atoms with E-state index in [1.807, 2.05) is 19.1 Å². The molecule has 0 aliphatic rings. The van der Waals surface area contributed by atoms with E-state index in [1.54, 1.807) is 6.20 Å². The summed E-state index contributed by atoms with van der Waals surface area (Å²) in [5.41, 5.74) is 0.737. The molecule has 1 N–H and O–H groups in total. The standard InChI is InChI=1S/C13H10FNO2S/c1-8-4-5-15-12(6-8)18-9-2-3-11(14)10(7-9)13(16)17/h2-7H,1H3,(H,16,17). The Morgan fingerprint density at radius 1 is 1.33 bits per heavy atom. The maximum atomic E-state index is 13.2. The molecule has 0 atom stereocenters. The van der Waals surface area contributed by atoms with Gasteiger partial charge in [0.05, 0.1) is 5.56 Å². The second-order valence-electron chi connectivity index (χ2n) is 3.72. The summed E-state index contributed by atoms with van der Waals surface area (Å²) in [5.74, 6) is -2.00. The fraction of sp³-hybridized carbons (Fsp3) is 0.0769. The Bertz CT molecular complexity index is 601. The van der Waals surface area contributed by atoms with Crippen molar-refractivity contribution in [2.75, 3.05) is 0 Å². The number of benzene rings is 1. The lowest BCUT2D eigenvalue weighted by molar-refractivity contribution is 0.0691. The molecule has 18 heavy (non-hydrogen) atoms. The zero-order valence-electron chi connectivity index (χ0n) is 9.55. The molecule has 0 spiro atoms. The molecule has 92 valence electrons. The molecule has 2 rings (SSSR count). The van der Waals surface area contributed by atoms with Crippen LogP contribution < -0.4 is 0 Å². The third kappa shape index (κ3) is 2.87. The maximum absolute atomic E-state index is 13.2. The van der Waals surface area contributed by atoms with Crippen molar-refractivity contribution in [3.8, 4) is 0 Å². The molecule has 1 aromatic carbocycles. The first-order chi connectivity index (χ1) is 8.56. The molecule has 1 aromatic heterocycles. The summed E-state index contributed by atoms with van der Waals surface area (Å²) in [4.78, 5) is 15.6. The summed E-state index contributed by atoms with van der Waals surface area (Å²) in [5, 5.41) is 9.58.